The quantitative estimate of drug-likeness (QED) is 0.885. The van der Waals surface area contributed by atoms with E-state index < -0.39 is 0 Å². The van der Waals surface area contributed by atoms with E-state index in [0.29, 0.717) is 12.1 Å². The van der Waals surface area contributed by atoms with Crippen LogP contribution in [0.3, 0.4) is 0 Å². The molecule has 4 nitrogen and oxygen atoms in total. The average molecular weight is 248 g/mol. The fraction of sp³-hybridized carbons (Fsp3) is 0.714. The third kappa shape index (κ3) is 3.19. The maximum absolute atomic E-state index is 4.14. The minimum Gasteiger partial charge on any atom is -0.363 e. The Morgan fingerprint density at radius 3 is 2.72 bits per heavy atom. The van der Waals surface area contributed by atoms with Crippen LogP contribution in [0.2, 0.25) is 0 Å². The van der Waals surface area contributed by atoms with Crippen molar-refractivity contribution in [2.75, 3.05) is 18.0 Å². The summed E-state index contributed by atoms with van der Waals surface area (Å²) >= 11 is 0. The van der Waals surface area contributed by atoms with Crippen molar-refractivity contribution in [2.24, 2.45) is 5.92 Å². The van der Waals surface area contributed by atoms with Crippen molar-refractivity contribution in [2.45, 2.75) is 45.7 Å². The summed E-state index contributed by atoms with van der Waals surface area (Å²) in [5.41, 5.74) is 1.15. The van der Waals surface area contributed by atoms with E-state index in [1.165, 1.54) is 6.42 Å². The van der Waals surface area contributed by atoms with Gasteiger partial charge >= 0.3 is 0 Å². The van der Waals surface area contributed by atoms with Crippen LogP contribution in [0, 0.1) is 5.92 Å². The number of hydrogen-bond donors (Lipinski definition) is 1. The summed E-state index contributed by atoms with van der Waals surface area (Å²) in [4.78, 5) is 10.7. The lowest BCUT2D eigenvalue weighted by Crippen LogP contribution is -2.56. The topological polar surface area (TPSA) is 41.0 Å². The molecule has 0 amide bonds. The lowest BCUT2D eigenvalue weighted by molar-refractivity contribution is 0.343. The first-order valence-corrected chi connectivity index (χ1v) is 6.95. The predicted octanol–water partition coefficient (Wildman–Crippen LogP) is 2.08. The molecule has 0 aliphatic carbocycles. The van der Waals surface area contributed by atoms with Crippen LogP contribution < -0.4 is 10.2 Å². The zero-order valence-electron chi connectivity index (χ0n) is 11.6. The Bertz CT molecular complexity index is 352. The lowest BCUT2D eigenvalue weighted by atomic mass is 9.98. The van der Waals surface area contributed by atoms with E-state index in [0.717, 1.165) is 31.1 Å². The molecule has 1 saturated heterocycles. The molecular weight excluding hydrogens is 224 g/mol. The van der Waals surface area contributed by atoms with Crippen molar-refractivity contribution in [1.29, 1.82) is 0 Å². The maximum atomic E-state index is 4.14. The van der Waals surface area contributed by atoms with Crippen LogP contribution in [0.1, 0.15) is 33.6 Å². The molecule has 2 atom stereocenters. The molecule has 18 heavy (non-hydrogen) atoms. The van der Waals surface area contributed by atoms with Gasteiger partial charge in [0.05, 0.1) is 18.1 Å². The number of rotatable bonds is 4. The first-order valence-electron chi connectivity index (χ1n) is 6.95. The van der Waals surface area contributed by atoms with Gasteiger partial charge in [-0.2, -0.15) is 0 Å². The molecule has 4 heteroatoms. The second-order valence-electron chi connectivity index (χ2n) is 5.55. The standard InChI is InChI=1S/C14H24N4/c1-4-13-8-17-12(5-11(2)3)9-18(13)14-6-15-10-16-7-14/h6-7,10-13,17H,4-5,8-9H2,1-3H3. The van der Waals surface area contributed by atoms with Crippen LogP contribution in [-0.4, -0.2) is 35.1 Å². The summed E-state index contributed by atoms with van der Waals surface area (Å²) in [6, 6.07) is 1.13. The summed E-state index contributed by atoms with van der Waals surface area (Å²) in [6.45, 7) is 8.92. The molecule has 1 aliphatic heterocycles. The number of nitrogens with one attached hydrogen (secondary N) is 1. The van der Waals surface area contributed by atoms with E-state index in [2.05, 4.69) is 41.0 Å². The van der Waals surface area contributed by atoms with Gasteiger partial charge in [-0.1, -0.05) is 20.8 Å². The molecule has 1 N–H and O–H groups in total. The number of anilines is 1. The van der Waals surface area contributed by atoms with Gasteiger partial charge in [-0.3, -0.25) is 0 Å². The average Bonchev–Trinajstić information content (AvgIpc) is 2.39. The third-order valence-corrected chi connectivity index (χ3v) is 3.61. The molecule has 2 rings (SSSR count). The van der Waals surface area contributed by atoms with Gasteiger partial charge in [-0.25, -0.2) is 9.97 Å². The largest absolute Gasteiger partial charge is 0.363 e. The van der Waals surface area contributed by atoms with Gasteiger partial charge in [-0.15, -0.1) is 0 Å². The second kappa shape index (κ2) is 6.14. The summed E-state index contributed by atoms with van der Waals surface area (Å²) in [6.07, 6.45) is 7.82. The molecular formula is C14H24N4. The highest BCUT2D eigenvalue weighted by Gasteiger charge is 2.27. The molecule has 100 valence electrons. The van der Waals surface area contributed by atoms with Crippen LogP contribution in [0.15, 0.2) is 18.7 Å². The summed E-state index contributed by atoms with van der Waals surface area (Å²) in [5.74, 6) is 0.731. The minimum absolute atomic E-state index is 0.555. The number of aromatic nitrogens is 2. The van der Waals surface area contributed by atoms with Gasteiger partial charge < -0.3 is 10.2 Å². The van der Waals surface area contributed by atoms with Gasteiger partial charge in [0.1, 0.15) is 6.33 Å². The first kappa shape index (κ1) is 13.3. The monoisotopic (exact) mass is 248 g/mol. The smallest absolute Gasteiger partial charge is 0.115 e. The van der Waals surface area contributed by atoms with Crippen molar-refractivity contribution >= 4 is 5.69 Å². The van der Waals surface area contributed by atoms with E-state index in [1.807, 2.05) is 12.4 Å². The van der Waals surface area contributed by atoms with E-state index in [1.54, 1.807) is 6.33 Å². The zero-order chi connectivity index (χ0) is 13.0. The van der Waals surface area contributed by atoms with Crippen molar-refractivity contribution in [3.8, 4) is 0 Å². The molecule has 1 fully saturated rings. The third-order valence-electron chi connectivity index (χ3n) is 3.61. The lowest BCUT2D eigenvalue weighted by Gasteiger charge is -2.41. The van der Waals surface area contributed by atoms with Crippen molar-refractivity contribution < 1.29 is 0 Å². The van der Waals surface area contributed by atoms with Crippen LogP contribution in [-0.2, 0) is 0 Å². The molecule has 1 aromatic heterocycles. The highest BCUT2D eigenvalue weighted by atomic mass is 15.2. The molecule has 2 heterocycles. The summed E-state index contributed by atoms with van der Waals surface area (Å²) in [5, 5.41) is 3.67. The first-order chi connectivity index (χ1) is 8.70. The fourth-order valence-electron chi connectivity index (χ4n) is 2.71. The number of hydrogen-bond acceptors (Lipinski definition) is 4. The Morgan fingerprint density at radius 2 is 2.11 bits per heavy atom. The predicted molar refractivity (Wildman–Crippen MR) is 74.7 cm³/mol. The Balaban J connectivity index is 2.08. The molecule has 0 bridgehead atoms. The van der Waals surface area contributed by atoms with Gasteiger partial charge in [-0.05, 0) is 18.8 Å². The zero-order valence-corrected chi connectivity index (χ0v) is 11.6. The highest BCUT2D eigenvalue weighted by molar-refractivity contribution is 5.44. The van der Waals surface area contributed by atoms with Gasteiger partial charge in [0.25, 0.3) is 0 Å². The highest BCUT2D eigenvalue weighted by Crippen LogP contribution is 2.21. The maximum Gasteiger partial charge on any atom is 0.115 e. The Hall–Kier alpha value is -1.16. The Kier molecular flexibility index (Phi) is 4.53. The summed E-state index contributed by atoms with van der Waals surface area (Å²) in [7, 11) is 0. The van der Waals surface area contributed by atoms with Crippen molar-refractivity contribution in [3.63, 3.8) is 0 Å². The van der Waals surface area contributed by atoms with Gasteiger partial charge in [0.2, 0.25) is 0 Å². The Labute approximate surface area is 110 Å². The Morgan fingerprint density at radius 1 is 1.39 bits per heavy atom. The molecule has 1 aliphatic rings. The van der Waals surface area contributed by atoms with Crippen molar-refractivity contribution in [1.82, 2.24) is 15.3 Å². The van der Waals surface area contributed by atoms with Gasteiger partial charge in [0, 0.05) is 25.2 Å². The fourth-order valence-corrected chi connectivity index (χ4v) is 2.71. The molecule has 1 aromatic rings. The van der Waals surface area contributed by atoms with E-state index in [4.69, 9.17) is 0 Å². The number of nitrogens with zero attached hydrogens (tertiary/aromatic N) is 3. The van der Waals surface area contributed by atoms with E-state index in [-0.39, 0.29) is 0 Å². The molecule has 0 radical (unpaired) electrons. The minimum atomic E-state index is 0.555. The van der Waals surface area contributed by atoms with Crippen LogP contribution in [0.25, 0.3) is 0 Å². The van der Waals surface area contributed by atoms with Crippen molar-refractivity contribution in [3.05, 3.63) is 18.7 Å². The normalized spacial score (nSPS) is 24.6. The SMILES string of the molecule is CCC1CNC(CC(C)C)CN1c1cncnc1. The van der Waals surface area contributed by atoms with Crippen LogP contribution >= 0.6 is 0 Å². The second-order valence-corrected chi connectivity index (χ2v) is 5.55. The van der Waals surface area contributed by atoms with Gasteiger partial charge in [0.15, 0.2) is 0 Å². The van der Waals surface area contributed by atoms with E-state index in [9.17, 15) is 0 Å². The molecule has 2 unspecified atom stereocenters. The number of piperazine rings is 1. The van der Waals surface area contributed by atoms with Crippen LogP contribution in [0.4, 0.5) is 5.69 Å². The molecule has 0 spiro atoms. The molecule has 0 saturated carbocycles. The molecule has 0 aromatic carbocycles. The van der Waals surface area contributed by atoms with E-state index >= 15 is 0 Å². The van der Waals surface area contributed by atoms with Crippen LogP contribution in [0.5, 0.6) is 0 Å². The summed E-state index contributed by atoms with van der Waals surface area (Å²) < 4.78 is 0.